The van der Waals surface area contributed by atoms with Crippen LogP contribution in [0, 0.1) is 0 Å². The van der Waals surface area contributed by atoms with Crippen molar-refractivity contribution >= 4 is 16.8 Å². The van der Waals surface area contributed by atoms with Gasteiger partial charge in [0.15, 0.2) is 5.17 Å². The predicted molar refractivity (Wildman–Crippen MR) is 56.3 cm³/mol. The molecule has 0 fully saturated rings. The van der Waals surface area contributed by atoms with Gasteiger partial charge in [-0.25, -0.2) is 5.53 Å². The molecule has 72 valence electrons. The van der Waals surface area contributed by atoms with E-state index in [-0.39, 0.29) is 0 Å². The molecule has 1 unspecified atom stereocenters. The van der Waals surface area contributed by atoms with E-state index in [1.807, 2.05) is 24.2 Å². The number of hydrogen-bond acceptors (Lipinski definition) is 3. The van der Waals surface area contributed by atoms with Gasteiger partial charge in [-0.15, -0.1) is 5.10 Å². The Morgan fingerprint density at radius 3 is 3.00 bits per heavy atom. The molecule has 0 radical (unpaired) electrons. The van der Waals surface area contributed by atoms with Gasteiger partial charge in [-0.05, 0) is 25.5 Å². The molecule has 3 nitrogen and oxygen atoms in total. The molecule has 0 aromatic heterocycles. The van der Waals surface area contributed by atoms with Gasteiger partial charge in [0.05, 0.1) is 6.04 Å². The summed E-state index contributed by atoms with van der Waals surface area (Å²) < 4.78 is 0. The Morgan fingerprint density at radius 1 is 1.77 bits per heavy atom. The first-order valence-electron chi connectivity index (χ1n) is 4.36. The maximum Gasteiger partial charge on any atom is 0.150 e. The van der Waals surface area contributed by atoms with Crippen LogP contribution in [0.2, 0.25) is 0 Å². The lowest BCUT2D eigenvalue weighted by atomic mass is 10.1. The highest BCUT2D eigenvalue weighted by atomic mass is 35.5. The monoisotopic (exact) mass is 199 g/mol. The van der Waals surface area contributed by atoms with Gasteiger partial charge in [0, 0.05) is 6.20 Å². The standard InChI is InChI=1S/C9H14ClN3/c1-3-5-9(10)11-12-13-7-6-8(13)4-2/h3,5-8,12H,4H2,1-2H3/b5-3-,11-9+. The fraction of sp³-hybridized carbons (Fsp3) is 0.444. The zero-order chi connectivity index (χ0) is 9.68. The van der Waals surface area contributed by atoms with Crippen molar-refractivity contribution in [2.75, 3.05) is 0 Å². The van der Waals surface area contributed by atoms with Crippen molar-refractivity contribution in [3.8, 4) is 0 Å². The molecule has 0 amide bonds. The lowest BCUT2D eigenvalue weighted by Gasteiger charge is -2.33. The van der Waals surface area contributed by atoms with Crippen LogP contribution in [-0.4, -0.2) is 16.2 Å². The van der Waals surface area contributed by atoms with Crippen LogP contribution in [0.5, 0.6) is 0 Å². The average molecular weight is 200 g/mol. The predicted octanol–water partition coefficient (Wildman–Crippen LogP) is 2.23. The van der Waals surface area contributed by atoms with Gasteiger partial charge in [-0.2, -0.15) is 0 Å². The Labute approximate surface area is 83.7 Å². The summed E-state index contributed by atoms with van der Waals surface area (Å²) in [5.41, 5.74) is 2.86. The van der Waals surface area contributed by atoms with Gasteiger partial charge in [0.2, 0.25) is 0 Å². The van der Waals surface area contributed by atoms with Crippen molar-refractivity contribution in [1.82, 2.24) is 10.5 Å². The molecule has 1 aliphatic rings. The molecule has 1 rings (SSSR count). The summed E-state index contributed by atoms with van der Waals surface area (Å²) >= 11 is 5.75. The maximum atomic E-state index is 5.75. The summed E-state index contributed by atoms with van der Waals surface area (Å²) in [7, 11) is 0. The molecule has 4 heteroatoms. The molecule has 1 aliphatic heterocycles. The van der Waals surface area contributed by atoms with Crippen LogP contribution in [0.15, 0.2) is 29.5 Å². The largest absolute Gasteiger partial charge is 0.273 e. The van der Waals surface area contributed by atoms with Crippen LogP contribution in [0.25, 0.3) is 0 Å². The zero-order valence-electron chi connectivity index (χ0n) is 7.87. The van der Waals surface area contributed by atoms with Gasteiger partial charge in [-0.1, -0.05) is 24.6 Å². The second-order valence-electron chi connectivity index (χ2n) is 2.76. The van der Waals surface area contributed by atoms with E-state index >= 15 is 0 Å². The van der Waals surface area contributed by atoms with E-state index in [0.717, 1.165) is 6.42 Å². The summed E-state index contributed by atoms with van der Waals surface area (Å²) in [4.78, 5) is 0. The molecule has 0 aromatic carbocycles. The summed E-state index contributed by atoms with van der Waals surface area (Å²) in [6, 6.07) is 0.443. The molecular weight excluding hydrogens is 186 g/mol. The first-order valence-corrected chi connectivity index (χ1v) is 4.74. The second-order valence-corrected chi connectivity index (χ2v) is 3.15. The average Bonchev–Trinajstić information content (AvgIpc) is 2.04. The van der Waals surface area contributed by atoms with Crippen molar-refractivity contribution in [3.63, 3.8) is 0 Å². The highest BCUT2D eigenvalue weighted by Gasteiger charge is 2.16. The molecule has 0 bridgehead atoms. The van der Waals surface area contributed by atoms with Crippen LogP contribution in [0.3, 0.4) is 0 Å². The van der Waals surface area contributed by atoms with Crippen molar-refractivity contribution < 1.29 is 0 Å². The fourth-order valence-corrected chi connectivity index (χ4v) is 1.18. The third-order valence-electron chi connectivity index (χ3n) is 1.82. The lowest BCUT2D eigenvalue weighted by molar-refractivity contribution is 0.191. The Bertz CT molecular complexity index is 245. The van der Waals surface area contributed by atoms with E-state index in [1.165, 1.54) is 0 Å². The maximum absolute atomic E-state index is 5.75. The topological polar surface area (TPSA) is 27.6 Å². The van der Waals surface area contributed by atoms with Crippen LogP contribution >= 0.6 is 11.6 Å². The van der Waals surface area contributed by atoms with Crippen molar-refractivity contribution in [1.29, 1.82) is 0 Å². The number of hydrazone groups is 1. The number of hydrogen-bond donors (Lipinski definition) is 1. The highest BCUT2D eigenvalue weighted by Crippen LogP contribution is 2.12. The van der Waals surface area contributed by atoms with E-state index in [2.05, 4.69) is 23.6 Å². The highest BCUT2D eigenvalue weighted by molar-refractivity contribution is 6.68. The second kappa shape index (κ2) is 4.92. The van der Waals surface area contributed by atoms with Crippen LogP contribution in [0.1, 0.15) is 20.3 Å². The van der Waals surface area contributed by atoms with Gasteiger partial charge in [0.1, 0.15) is 0 Å². The van der Waals surface area contributed by atoms with Crippen LogP contribution in [-0.2, 0) is 0 Å². The van der Waals surface area contributed by atoms with Gasteiger partial charge in [0.25, 0.3) is 0 Å². The smallest absolute Gasteiger partial charge is 0.150 e. The van der Waals surface area contributed by atoms with E-state index in [0.29, 0.717) is 11.2 Å². The Balaban J connectivity index is 2.34. The van der Waals surface area contributed by atoms with Crippen molar-refractivity contribution in [2.24, 2.45) is 5.10 Å². The van der Waals surface area contributed by atoms with E-state index in [4.69, 9.17) is 11.6 Å². The molecule has 1 atom stereocenters. The Kier molecular flexibility index (Phi) is 3.83. The molecule has 1 N–H and O–H groups in total. The summed E-state index contributed by atoms with van der Waals surface area (Å²) in [5, 5.41) is 6.33. The number of nitrogens with zero attached hydrogens (tertiary/aromatic N) is 2. The first kappa shape index (κ1) is 10.1. The summed E-state index contributed by atoms with van der Waals surface area (Å²) in [5.74, 6) is 0. The number of halogens is 1. The molecule has 0 aromatic rings. The zero-order valence-corrected chi connectivity index (χ0v) is 8.62. The number of allylic oxidation sites excluding steroid dienone is 2. The first-order chi connectivity index (χ1) is 6.27. The molecule has 0 saturated carbocycles. The fourth-order valence-electron chi connectivity index (χ4n) is 1.01. The Morgan fingerprint density at radius 2 is 2.54 bits per heavy atom. The van der Waals surface area contributed by atoms with Gasteiger partial charge < -0.3 is 0 Å². The molecule has 0 saturated heterocycles. The minimum atomic E-state index is 0.443. The molecular formula is C9H14ClN3. The minimum Gasteiger partial charge on any atom is -0.273 e. The van der Waals surface area contributed by atoms with Crippen LogP contribution < -0.4 is 5.53 Å². The van der Waals surface area contributed by atoms with Crippen molar-refractivity contribution in [3.05, 3.63) is 24.4 Å². The molecule has 0 aliphatic carbocycles. The van der Waals surface area contributed by atoms with Crippen molar-refractivity contribution in [2.45, 2.75) is 26.3 Å². The van der Waals surface area contributed by atoms with Gasteiger partial charge >= 0.3 is 0 Å². The summed E-state index contributed by atoms with van der Waals surface area (Å²) in [6.07, 6.45) is 8.71. The van der Waals surface area contributed by atoms with E-state index in [1.54, 1.807) is 6.08 Å². The number of rotatable bonds is 4. The quantitative estimate of drug-likeness (QED) is 0.556. The number of nitrogens with one attached hydrogen (secondary N) is 1. The third-order valence-corrected chi connectivity index (χ3v) is 2.03. The molecule has 13 heavy (non-hydrogen) atoms. The SMILES string of the molecule is C/C=C\C(Cl)=N/NN1C=CC1CC. The van der Waals surface area contributed by atoms with Gasteiger partial charge in [-0.3, -0.25) is 5.01 Å². The Hall–Kier alpha value is -0.960. The normalized spacial score (nSPS) is 22.2. The van der Waals surface area contributed by atoms with Crippen LogP contribution in [0.4, 0.5) is 0 Å². The number of hydrazine groups is 1. The molecule has 0 spiro atoms. The molecule has 1 heterocycles. The van der Waals surface area contributed by atoms with E-state index in [9.17, 15) is 0 Å². The minimum absolute atomic E-state index is 0.443. The lowest BCUT2D eigenvalue weighted by Crippen LogP contribution is -2.43. The third kappa shape index (κ3) is 2.77. The van der Waals surface area contributed by atoms with E-state index < -0.39 is 0 Å². The summed E-state index contributed by atoms with van der Waals surface area (Å²) in [6.45, 7) is 4.02.